The number of carbonyl (C=O) groups excluding carboxylic acids is 1. The fourth-order valence-electron chi connectivity index (χ4n) is 2.96. The maximum Gasteiger partial charge on any atom is 0.313 e. The summed E-state index contributed by atoms with van der Waals surface area (Å²) >= 11 is 0. The molecule has 0 saturated carbocycles. The first kappa shape index (κ1) is 21.5. The lowest BCUT2D eigenvalue weighted by molar-refractivity contribution is -0.140. The Morgan fingerprint density at radius 3 is 2.43 bits per heavy atom. The Labute approximate surface area is 172 Å². The number of hydrogen-bond donors (Lipinski definition) is 1. The van der Waals surface area contributed by atoms with E-state index in [2.05, 4.69) is 5.16 Å². The van der Waals surface area contributed by atoms with Crippen molar-refractivity contribution < 1.29 is 31.6 Å². The van der Waals surface area contributed by atoms with Gasteiger partial charge in [-0.25, -0.2) is 17.9 Å². The van der Waals surface area contributed by atoms with Gasteiger partial charge < -0.3 is 14.0 Å². The average Bonchev–Trinajstić information content (AvgIpc) is 3.09. The first-order valence-electron chi connectivity index (χ1n) is 8.72. The largest absolute Gasteiger partial charge is 0.494 e. The zero-order valence-electron chi connectivity index (χ0n) is 16.2. The van der Waals surface area contributed by atoms with Crippen molar-refractivity contribution in [3.05, 3.63) is 65.3 Å². The predicted molar refractivity (Wildman–Crippen MR) is 105 cm³/mol. The van der Waals surface area contributed by atoms with Gasteiger partial charge in [-0.05, 0) is 35.4 Å². The fourth-order valence-corrected chi connectivity index (χ4v) is 3.47. The van der Waals surface area contributed by atoms with Crippen LogP contribution in [-0.4, -0.2) is 33.8 Å². The molecule has 3 rings (SSSR count). The Bertz CT molecular complexity index is 1170. The molecule has 8 nitrogen and oxygen atoms in total. The number of esters is 1. The molecule has 2 N–H and O–H groups in total. The summed E-state index contributed by atoms with van der Waals surface area (Å²) in [5, 5.41) is 9.18. The zero-order valence-corrected chi connectivity index (χ0v) is 17.0. The molecule has 0 radical (unpaired) electrons. The summed E-state index contributed by atoms with van der Waals surface area (Å²) in [5.41, 5.74) is 2.11. The summed E-state index contributed by atoms with van der Waals surface area (Å²) < 4.78 is 52.1. The van der Waals surface area contributed by atoms with E-state index < -0.39 is 21.8 Å². The monoisotopic (exact) mass is 434 g/mol. The lowest BCUT2D eigenvalue weighted by atomic mass is 9.98. The number of nitrogens with zero attached hydrogens (tertiary/aromatic N) is 1. The van der Waals surface area contributed by atoms with Crippen LogP contribution in [-0.2, 0) is 32.4 Å². The number of methoxy groups -OCH3 is 2. The van der Waals surface area contributed by atoms with E-state index in [0.29, 0.717) is 22.4 Å². The van der Waals surface area contributed by atoms with E-state index >= 15 is 0 Å². The summed E-state index contributed by atoms with van der Waals surface area (Å²) in [5.74, 6) is -0.693. The summed E-state index contributed by atoms with van der Waals surface area (Å²) in [7, 11) is -1.23. The average molecular weight is 434 g/mol. The summed E-state index contributed by atoms with van der Waals surface area (Å²) in [6.45, 7) is 0. The number of aromatic nitrogens is 1. The van der Waals surface area contributed by atoms with Gasteiger partial charge in [-0.3, -0.25) is 4.79 Å². The van der Waals surface area contributed by atoms with Crippen LogP contribution in [0.4, 0.5) is 4.39 Å². The number of rotatable bonds is 7. The highest BCUT2D eigenvalue weighted by Crippen LogP contribution is 2.31. The van der Waals surface area contributed by atoms with Gasteiger partial charge in [-0.15, -0.1) is 0 Å². The van der Waals surface area contributed by atoms with Crippen molar-refractivity contribution in [2.45, 2.75) is 17.7 Å². The van der Waals surface area contributed by atoms with E-state index in [9.17, 15) is 17.6 Å². The zero-order chi connectivity index (χ0) is 21.9. The van der Waals surface area contributed by atoms with Crippen LogP contribution >= 0.6 is 0 Å². The molecule has 0 unspecified atom stereocenters. The minimum atomic E-state index is -3.86. The molecule has 2 aromatic carbocycles. The van der Waals surface area contributed by atoms with Gasteiger partial charge in [-0.1, -0.05) is 23.4 Å². The topological polar surface area (TPSA) is 122 Å². The second kappa shape index (κ2) is 8.64. The smallest absolute Gasteiger partial charge is 0.313 e. The molecule has 0 aliphatic rings. The summed E-state index contributed by atoms with van der Waals surface area (Å²) in [6, 6.07) is 10.3. The fraction of sp³-hybridized carbons (Fsp3) is 0.200. The highest BCUT2D eigenvalue weighted by Gasteiger charge is 2.22. The second-order valence-corrected chi connectivity index (χ2v) is 7.96. The van der Waals surface area contributed by atoms with Crippen LogP contribution in [0.25, 0.3) is 11.1 Å². The number of primary sulfonamides is 1. The molecule has 0 bridgehead atoms. The molecule has 10 heteroatoms. The molecule has 0 amide bonds. The molecular weight excluding hydrogens is 415 g/mol. The third-order valence-electron chi connectivity index (χ3n) is 4.43. The molecule has 0 saturated heterocycles. The van der Waals surface area contributed by atoms with Crippen molar-refractivity contribution in [2.75, 3.05) is 14.2 Å². The van der Waals surface area contributed by atoms with Crippen molar-refractivity contribution >= 4 is 16.0 Å². The van der Waals surface area contributed by atoms with E-state index in [1.807, 2.05) is 0 Å². The number of carbonyl (C=O) groups is 1. The highest BCUT2D eigenvalue weighted by atomic mass is 32.2. The van der Waals surface area contributed by atoms with Gasteiger partial charge >= 0.3 is 5.97 Å². The molecule has 158 valence electrons. The van der Waals surface area contributed by atoms with Crippen LogP contribution in [0, 0.1) is 5.82 Å². The SMILES string of the molecule is COC(=O)Cc1onc(Cc2ccc(OC)c(F)c2)c1-c1ccc(S(N)(=O)=O)cc1. The van der Waals surface area contributed by atoms with Gasteiger partial charge in [0.05, 0.1) is 24.8 Å². The van der Waals surface area contributed by atoms with Gasteiger partial charge in [0.1, 0.15) is 6.42 Å². The van der Waals surface area contributed by atoms with E-state index in [0.717, 1.165) is 0 Å². The molecule has 1 heterocycles. The first-order valence-corrected chi connectivity index (χ1v) is 10.3. The van der Waals surface area contributed by atoms with Crippen LogP contribution < -0.4 is 9.88 Å². The third kappa shape index (κ3) is 4.66. The number of halogens is 1. The Morgan fingerprint density at radius 1 is 1.17 bits per heavy atom. The summed E-state index contributed by atoms with van der Waals surface area (Å²) in [4.78, 5) is 11.7. The van der Waals surface area contributed by atoms with Crippen molar-refractivity contribution in [3.8, 4) is 16.9 Å². The highest BCUT2D eigenvalue weighted by molar-refractivity contribution is 7.89. The normalized spacial score (nSPS) is 11.3. The van der Waals surface area contributed by atoms with E-state index in [1.165, 1.54) is 50.6 Å². The molecule has 30 heavy (non-hydrogen) atoms. The molecule has 3 aromatic rings. The Hall–Kier alpha value is -3.24. The lowest BCUT2D eigenvalue weighted by Crippen LogP contribution is -2.11. The van der Waals surface area contributed by atoms with Crippen LogP contribution in [0.5, 0.6) is 5.75 Å². The number of sulfonamides is 1. The van der Waals surface area contributed by atoms with Crippen molar-refractivity contribution in [1.82, 2.24) is 5.16 Å². The maximum atomic E-state index is 14.1. The van der Waals surface area contributed by atoms with E-state index in [-0.39, 0.29) is 29.2 Å². The number of nitrogens with two attached hydrogens (primary N) is 1. The quantitative estimate of drug-likeness (QED) is 0.567. The Kier molecular flexibility index (Phi) is 6.18. The standard InChI is InChI=1S/C20H19FN2O6S/c1-27-17-8-3-12(9-15(17)21)10-16-20(18(29-23-16)11-19(24)28-2)13-4-6-14(7-5-13)30(22,25)26/h3-9H,10-11H2,1-2H3,(H2,22,25,26). The lowest BCUT2D eigenvalue weighted by Gasteiger charge is -2.07. The molecule has 0 fully saturated rings. The molecule has 0 atom stereocenters. The van der Waals surface area contributed by atoms with Crippen LogP contribution in [0.15, 0.2) is 51.9 Å². The number of ether oxygens (including phenoxy) is 2. The van der Waals surface area contributed by atoms with Gasteiger partial charge in [0.2, 0.25) is 10.0 Å². The minimum absolute atomic E-state index is 0.0593. The van der Waals surface area contributed by atoms with Gasteiger partial charge in [0, 0.05) is 12.0 Å². The molecule has 1 aromatic heterocycles. The molecule has 0 spiro atoms. The Morgan fingerprint density at radius 2 is 1.87 bits per heavy atom. The predicted octanol–water partition coefficient (Wildman–Crippen LogP) is 2.44. The third-order valence-corrected chi connectivity index (χ3v) is 5.35. The van der Waals surface area contributed by atoms with Crippen LogP contribution in [0.2, 0.25) is 0 Å². The number of benzene rings is 2. The van der Waals surface area contributed by atoms with E-state index in [4.69, 9.17) is 19.1 Å². The summed E-state index contributed by atoms with van der Waals surface area (Å²) in [6.07, 6.45) is 0.0323. The van der Waals surface area contributed by atoms with Gasteiger partial charge in [0.25, 0.3) is 0 Å². The maximum absolute atomic E-state index is 14.1. The van der Waals surface area contributed by atoms with Gasteiger partial charge in [-0.2, -0.15) is 0 Å². The first-order chi connectivity index (χ1) is 14.2. The molecular formula is C20H19FN2O6S. The minimum Gasteiger partial charge on any atom is -0.494 e. The van der Waals surface area contributed by atoms with Crippen LogP contribution in [0.1, 0.15) is 17.0 Å². The second-order valence-electron chi connectivity index (χ2n) is 6.40. The van der Waals surface area contributed by atoms with Gasteiger partial charge in [0.15, 0.2) is 17.3 Å². The number of hydrogen-bond acceptors (Lipinski definition) is 7. The molecule has 0 aliphatic carbocycles. The van der Waals surface area contributed by atoms with E-state index in [1.54, 1.807) is 6.07 Å². The van der Waals surface area contributed by atoms with Crippen LogP contribution in [0.3, 0.4) is 0 Å². The molecule has 0 aliphatic heterocycles. The van der Waals surface area contributed by atoms with Crippen molar-refractivity contribution in [1.29, 1.82) is 0 Å². The Balaban J connectivity index is 2.03. The van der Waals surface area contributed by atoms with Crippen molar-refractivity contribution in [3.63, 3.8) is 0 Å². The van der Waals surface area contributed by atoms with Crippen molar-refractivity contribution in [2.24, 2.45) is 5.14 Å².